The van der Waals surface area contributed by atoms with Crippen molar-refractivity contribution in [1.29, 1.82) is 5.26 Å². The van der Waals surface area contributed by atoms with Crippen molar-refractivity contribution in [3.05, 3.63) is 86.1 Å². The van der Waals surface area contributed by atoms with Crippen LogP contribution in [0.3, 0.4) is 0 Å². The van der Waals surface area contributed by atoms with Crippen LogP contribution in [0.15, 0.2) is 59.0 Å². The number of nitro groups is 2. The molecule has 29 heavy (non-hydrogen) atoms. The number of benzene rings is 2. The van der Waals surface area contributed by atoms with E-state index in [0.29, 0.717) is 22.6 Å². The number of nitro benzene ring substituents is 2. The number of nitrogens with zero attached hydrogens (tertiary/aromatic N) is 3. The van der Waals surface area contributed by atoms with Crippen LogP contribution < -0.4 is 4.74 Å². The topological polar surface area (TPSA) is 132 Å². The lowest BCUT2D eigenvalue weighted by molar-refractivity contribution is -0.385. The fourth-order valence-electron chi connectivity index (χ4n) is 2.66. The summed E-state index contributed by atoms with van der Waals surface area (Å²) in [6.07, 6.45) is 1.50. The fraction of sp³-hybridized carbons (Fsp3) is 0.0500. The Hall–Kier alpha value is -4.45. The monoisotopic (exact) mass is 391 g/mol. The Balaban J connectivity index is 1.94. The number of nitriles is 1. The third-order valence-electron chi connectivity index (χ3n) is 4.08. The molecule has 0 radical (unpaired) electrons. The normalized spacial score (nSPS) is 11.0. The van der Waals surface area contributed by atoms with Crippen LogP contribution in [0.1, 0.15) is 11.3 Å². The zero-order chi connectivity index (χ0) is 21.0. The highest BCUT2D eigenvalue weighted by Gasteiger charge is 2.15. The van der Waals surface area contributed by atoms with Gasteiger partial charge in [-0.1, -0.05) is 0 Å². The zero-order valence-electron chi connectivity index (χ0n) is 15.1. The van der Waals surface area contributed by atoms with E-state index in [4.69, 9.17) is 9.15 Å². The van der Waals surface area contributed by atoms with Crippen LogP contribution in [0.5, 0.6) is 5.75 Å². The van der Waals surface area contributed by atoms with Gasteiger partial charge in [-0.3, -0.25) is 20.2 Å². The molecule has 0 aliphatic heterocycles. The molecule has 9 nitrogen and oxygen atoms in total. The van der Waals surface area contributed by atoms with Crippen LogP contribution in [0.2, 0.25) is 0 Å². The molecular formula is C20H13N3O6. The van der Waals surface area contributed by atoms with Crippen LogP contribution in [0.4, 0.5) is 11.4 Å². The number of non-ortho nitro benzene ring substituents is 2. The van der Waals surface area contributed by atoms with Crippen molar-refractivity contribution in [1.82, 2.24) is 0 Å². The van der Waals surface area contributed by atoms with Gasteiger partial charge in [0, 0.05) is 18.2 Å². The molecule has 2 aromatic carbocycles. The van der Waals surface area contributed by atoms with Crippen molar-refractivity contribution in [2.75, 3.05) is 7.11 Å². The van der Waals surface area contributed by atoms with E-state index in [9.17, 15) is 25.5 Å². The lowest BCUT2D eigenvalue weighted by Crippen LogP contribution is -1.92. The highest BCUT2D eigenvalue weighted by molar-refractivity contribution is 5.89. The van der Waals surface area contributed by atoms with Crippen molar-refractivity contribution >= 4 is 23.0 Å². The molecule has 0 aliphatic rings. The Labute approximate surface area is 164 Å². The molecule has 0 fully saturated rings. The Morgan fingerprint density at radius 2 is 1.69 bits per heavy atom. The maximum Gasteiger partial charge on any atom is 0.273 e. The fourth-order valence-corrected chi connectivity index (χ4v) is 2.66. The first kappa shape index (κ1) is 19.3. The van der Waals surface area contributed by atoms with Crippen molar-refractivity contribution in [3.63, 3.8) is 0 Å². The summed E-state index contributed by atoms with van der Waals surface area (Å²) in [5, 5.41) is 31.1. The Bertz CT molecular complexity index is 1160. The Morgan fingerprint density at radius 1 is 1.03 bits per heavy atom. The zero-order valence-corrected chi connectivity index (χ0v) is 15.1. The lowest BCUT2D eigenvalue weighted by Gasteiger charge is -2.05. The molecule has 0 amide bonds. The average molecular weight is 391 g/mol. The minimum absolute atomic E-state index is 0.0726. The van der Waals surface area contributed by atoms with Crippen molar-refractivity contribution in [2.24, 2.45) is 0 Å². The molecule has 0 saturated carbocycles. The van der Waals surface area contributed by atoms with Gasteiger partial charge in [0.15, 0.2) is 0 Å². The quantitative estimate of drug-likeness (QED) is 0.333. The van der Waals surface area contributed by atoms with Gasteiger partial charge in [-0.2, -0.15) is 5.26 Å². The first-order chi connectivity index (χ1) is 13.9. The molecule has 0 saturated heterocycles. The molecule has 0 bridgehead atoms. The van der Waals surface area contributed by atoms with Gasteiger partial charge in [-0.25, -0.2) is 0 Å². The largest absolute Gasteiger partial charge is 0.496 e. The molecule has 3 aromatic rings. The summed E-state index contributed by atoms with van der Waals surface area (Å²) in [7, 11) is 1.40. The van der Waals surface area contributed by atoms with E-state index in [1.165, 1.54) is 55.7 Å². The van der Waals surface area contributed by atoms with Gasteiger partial charge in [0.25, 0.3) is 11.4 Å². The molecule has 0 unspecified atom stereocenters. The van der Waals surface area contributed by atoms with E-state index >= 15 is 0 Å². The molecule has 0 aliphatic carbocycles. The first-order valence-corrected chi connectivity index (χ1v) is 8.22. The summed E-state index contributed by atoms with van der Waals surface area (Å²) in [5.74, 6) is 1.05. The summed E-state index contributed by atoms with van der Waals surface area (Å²) in [4.78, 5) is 20.6. The SMILES string of the molecule is COc1cc([N+](=O)[O-])ccc1-c1ccc(/C=C(\C#N)c2ccc([N+](=O)[O-])cc2)o1. The van der Waals surface area contributed by atoms with E-state index in [1.54, 1.807) is 12.1 Å². The highest BCUT2D eigenvalue weighted by Crippen LogP contribution is 2.35. The lowest BCUT2D eigenvalue weighted by atomic mass is 10.1. The van der Waals surface area contributed by atoms with Crippen LogP contribution in [0, 0.1) is 31.6 Å². The van der Waals surface area contributed by atoms with Gasteiger partial charge in [0.05, 0.1) is 40.2 Å². The summed E-state index contributed by atoms with van der Waals surface area (Å²) >= 11 is 0. The molecule has 0 N–H and O–H groups in total. The van der Waals surface area contributed by atoms with Crippen LogP contribution in [0.25, 0.3) is 23.0 Å². The summed E-state index contributed by atoms with van der Waals surface area (Å²) in [5.41, 5.74) is 1.10. The second kappa shape index (κ2) is 8.06. The molecule has 1 heterocycles. The number of hydrogen-bond donors (Lipinski definition) is 0. The van der Waals surface area contributed by atoms with E-state index in [1.807, 2.05) is 6.07 Å². The van der Waals surface area contributed by atoms with Crippen molar-refractivity contribution in [2.45, 2.75) is 0 Å². The maximum absolute atomic E-state index is 10.9. The predicted molar refractivity (Wildman–Crippen MR) is 104 cm³/mol. The first-order valence-electron chi connectivity index (χ1n) is 8.22. The van der Waals surface area contributed by atoms with Gasteiger partial charge in [-0.05, 0) is 42.0 Å². The van der Waals surface area contributed by atoms with Crippen LogP contribution in [-0.2, 0) is 0 Å². The maximum atomic E-state index is 10.9. The molecule has 144 valence electrons. The number of hydrogen-bond acceptors (Lipinski definition) is 7. The van der Waals surface area contributed by atoms with E-state index in [2.05, 4.69) is 0 Å². The van der Waals surface area contributed by atoms with Gasteiger partial charge in [0.1, 0.15) is 17.3 Å². The standard InChI is InChI=1S/C20H13N3O6/c1-28-20-11-16(23(26)27)6-8-18(20)19-9-7-17(29-19)10-14(12-21)13-2-4-15(5-3-13)22(24)25/h2-11H,1H3/b14-10+. The van der Waals surface area contributed by atoms with Gasteiger partial charge < -0.3 is 9.15 Å². The average Bonchev–Trinajstić information content (AvgIpc) is 3.19. The summed E-state index contributed by atoms with van der Waals surface area (Å²) < 4.78 is 11.0. The third kappa shape index (κ3) is 4.12. The van der Waals surface area contributed by atoms with Gasteiger partial charge in [0.2, 0.25) is 0 Å². The summed E-state index contributed by atoms with van der Waals surface area (Å²) in [6, 6.07) is 15.1. The molecular weight excluding hydrogens is 378 g/mol. The molecule has 1 aromatic heterocycles. The number of rotatable bonds is 6. The highest BCUT2D eigenvalue weighted by atomic mass is 16.6. The molecule has 9 heteroatoms. The summed E-state index contributed by atoms with van der Waals surface area (Å²) in [6.45, 7) is 0. The Kier molecular flexibility index (Phi) is 5.37. The van der Waals surface area contributed by atoms with Crippen LogP contribution >= 0.6 is 0 Å². The van der Waals surface area contributed by atoms with Gasteiger partial charge >= 0.3 is 0 Å². The minimum Gasteiger partial charge on any atom is -0.496 e. The van der Waals surface area contributed by atoms with Crippen molar-refractivity contribution in [3.8, 4) is 23.1 Å². The van der Waals surface area contributed by atoms with E-state index in [0.717, 1.165) is 0 Å². The molecule has 0 spiro atoms. The van der Waals surface area contributed by atoms with E-state index < -0.39 is 9.85 Å². The molecule has 3 rings (SSSR count). The van der Waals surface area contributed by atoms with Gasteiger partial charge in [-0.15, -0.1) is 0 Å². The minimum atomic E-state index is -0.522. The molecule has 0 atom stereocenters. The number of allylic oxidation sites excluding steroid dienone is 1. The third-order valence-corrected chi connectivity index (χ3v) is 4.08. The number of methoxy groups -OCH3 is 1. The van der Waals surface area contributed by atoms with Crippen molar-refractivity contribution < 1.29 is 19.0 Å². The second-order valence-corrected chi connectivity index (χ2v) is 5.82. The number of furan rings is 1. The second-order valence-electron chi connectivity index (χ2n) is 5.82. The van der Waals surface area contributed by atoms with E-state index in [-0.39, 0.29) is 22.7 Å². The Morgan fingerprint density at radius 3 is 2.28 bits per heavy atom. The predicted octanol–water partition coefficient (Wildman–Crippen LogP) is 4.84. The number of ether oxygens (including phenoxy) is 1. The smallest absolute Gasteiger partial charge is 0.273 e. The van der Waals surface area contributed by atoms with Crippen LogP contribution in [-0.4, -0.2) is 17.0 Å².